The monoisotopic (exact) mass is 558 g/mol. The molecular weight excluding hydrogens is 524 g/mol. The SMILES string of the molecule is CCOC(CCNC(=NC)NCC1CCN(S(=O)(=O)C(F)(F)F)CC1)C(C)C.I. The van der Waals surface area contributed by atoms with Gasteiger partial charge >= 0.3 is 15.5 Å². The van der Waals surface area contributed by atoms with E-state index in [2.05, 4.69) is 29.5 Å². The van der Waals surface area contributed by atoms with E-state index in [-0.39, 0.29) is 49.1 Å². The van der Waals surface area contributed by atoms with Gasteiger partial charge in [0.15, 0.2) is 5.96 Å². The third-order valence-electron chi connectivity index (χ3n) is 4.83. The van der Waals surface area contributed by atoms with E-state index in [1.807, 2.05) is 6.92 Å². The van der Waals surface area contributed by atoms with E-state index in [4.69, 9.17) is 4.74 Å². The number of nitrogens with one attached hydrogen (secondary N) is 2. The molecule has 7 nitrogen and oxygen atoms in total. The van der Waals surface area contributed by atoms with Gasteiger partial charge in [0.05, 0.1) is 6.10 Å². The summed E-state index contributed by atoms with van der Waals surface area (Å²) in [6.45, 7) is 7.82. The number of sulfonamides is 1. The predicted molar refractivity (Wildman–Crippen MR) is 119 cm³/mol. The van der Waals surface area contributed by atoms with Crippen molar-refractivity contribution in [3.63, 3.8) is 0 Å². The molecule has 0 aromatic carbocycles. The van der Waals surface area contributed by atoms with Crippen molar-refractivity contribution in [2.24, 2.45) is 16.8 Å². The van der Waals surface area contributed by atoms with E-state index in [9.17, 15) is 21.6 Å². The van der Waals surface area contributed by atoms with Crippen molar-refractivity contribution >= 4 is 40.0 Å². The maximum Gasteiger partial charge on any atom is 0.511 e. The highest BCUT2D eigenvalue weighted by atomic mass is 127. The van der Waals surface area contributed by atoms with E-state index in [0.717, 1.165) is 6.42 Å². The Morgan fingerprint density at radius 2 is 1.83 bits per heavy atom. The van der Waals surface area contributed by atoms with E-state index in [1.54, 1.807) is 7.05 Å². The van der Waals surface area contributed by atoms with Crippen LogP contribution in [-0.4, -0.2) is 70.1 Å². The first-order valence-electron chi connectivity index (χ1n) is 9.65. The molecular formula is C17H34F3IN4O3S. The van der Waals surface area contributed by atoms with Crippen LogP contribution in [0.25, 0.3) is 0 Å². The van der Waals surface area contributed by atoms with E-state index < -0.39 is 15.5 Å². The molecule has 0 aliphatic carbocycles. The summed E-state index contributed by atoms with van der Waals surface area (Å²) in [7, 11) is -3.58. The zero-order valence-electron chi connectivity index (χ0n) is 17.5. The first-order valence-corrected chi connectivity index (χ1v) is 11.1. The molecule has 1 rings (SSSR count). The van der Waals surface area contributed by atoms with E-state index in [1.165, 1.54) is 0 Å². The Bertz CT molecular complexity index is 595. The normalized spacial score (nSPS) is 18.4. The highest BCUT2D eigenvalue weighted by molar-refractivity contribution is 14.0. The van der Waals surface area contributed by atoms with Gasteiger partial charge in [-0.2, -0.15) is 17.5 Å². The lowest BCUT2D eigenvalue weighted by Crippen LogP contribution is -2.47. The molecule has 2 N–H and O–H groups in total. The number of piperidine rings is 1. The number of guanidine groups is 1. The van der Waals surface area contributed by atoms with Crippen LogP contribution in [0.1, 0.15) is 40.0 Å². The fourth-order valence-electron chi connectivity index (χ4n) is 3.12. The Balaban J connectivity index is 0.00000784. The Morgan fingerprint density at radius 1 is 1.24 bits per heavy atom. The summed E-state index contributed by atoms with van der Waals surface area (Å²) in [6.07, 6.45) is 1.74. The van der Waals surface area contributed by atoms with Gasteiger partial charge in [-0.05, 0) is 38.0 Å². The molecule has 1 aliphatic heterocycles. The molecule has 0 amide bonds. The van der Waals surface area contributed by atoms with Crippen LogP contribution in [0, 0.1) is 11.8 Å². The van der Waals surface area contributed by atoms with Crippen molar-refractivity contribution in [1.29, 1.82) is 0 Å². The summed E-state index contributed by atoms with van der Waals surface area (Å²) in [5, 5.41) is 6.38. The molecule has 12 heteroatoms. The van der Waals surface area contributed by atoms with Crippen molar-refractivity contribution in [2.75, 3.05) is 39.8 Å². The van der Waals surface area contributed by atoms with Crippen molar-refractivity contribution < 1.29 is 26.3 Å². The standard InChI is InChI=1S/C17H33F3N4O3S.HI/c1-5-27-15(13(2)3)6-9-22-16(21-4)23-12-14-7-10-24(11-8-14)28(25,26)17(18,19)20;/h13-15H,5-12H2,1-4H3,(H2,21,22,23);1H. The largest absolute Gasteiger partial charge is 0.511 e. The van der Waals surface area contributed by atoms with E-state index in [0.29, 0.717) is 48.7 Å². The van der Waals surface area contributed by atoms with Crippen LogP contribution in [0.5, 0.6) is 0 Å². The van der Waals surface area contributed by atoms with Crippen molar-refractivity contribution in [1.82, 2.24) is 14.9 Å². The molecule has 0 aromatic heterocycles. The Labute approximate surface area is 189 Å². The van der Waals surface area contributed by atoms with Gasteiger partial charge in [-0.15, -0.1) is 24.0 Å². The van der Waals surface area contributed by atoms with Crippen LogP contribution in [-0.2, 0) is 14.8 Å². The minimum Gasteiger partial charge on any atom is -0.378 e. The summed E-state index contributed by atoms with van der Waals surface area (Å²) >= 11 is 0. The molecule has 1 heterocycles. The lowest BCUT2D eigenvalue weighted by Gasteiger charge is -2.31. The fraction of sp³-hybridized carbons (Fsp3) is 0.941. The minimum atomic E-state index is -5.24. The van der Waals surface area contributed by atoms with Gasteiger partial charge in [0, 0.05) is 39.8 Å². The Morgan fingerprint density at radius 3 is 2.28 bits per heavy atom. The van der Waals surface area contributed by atoms with Gasteiger partial charge in [-0.25, -0.2) is 8.42 Å². The molecule has 1 saturated heterocycles. The maximum atomic E-state index is 12.6. The smallest absolute Gasteiger partial charge is 0.378 e. The summed E-state index contributed by atoms with van der Waals surface area (Å²) in [5.41, 5.74) is -5.24. The number of hydrogen-bond donors (Lipinski definition) is 2. The molecule has 0 saturated carbocycles. The Kier molecular flexibility index (Phi) is 13.0. The second-order valence-corrected chi connectivity index (χ2v) is 9.13. The second-order valence-electron chi connectivity index (χ2n) is 7.20. The molecule has 0 aromatic rings. The van der Waals surface area contributed by atoms with Crippen LogP contribution >= 0.6 is 24.0 Å². The van der Waals surface area contributed by atoms with Crippen LogP contribution in [0.3, 0.4) is 0 Å². The average molecular weight is 558 g/mol. The average Bonchev–Trinajstić information content (AvgIpc) is 2.62. The van der Waals surface area contributed by atoms with Gasteiger partial charge in [-0.3, -0.25) is 4.99 Å². The zero-order valence-corrected chi connectivity index (χ0v) is 20.6. The molecule has 1 atom stereocenters. The number of aliphatic imine (C=N–C) groups is 1. The van der Waals surface area contributed by atoms with Crippen LogP contribution in [0.4, 0.5) is 13.2 Å². The first kappa shape index (κ1) is 28.7. The molecule has 29 heavy (non-hydrogen) atoms. The minimum absolute atomic E-state index is 0. The number of hydrogen-bond acceptors (Lipinski definition) is 4. The summed E-state index contributed by atoms with van der Waals surface area (Å²) in [4.78, 5) is 4.15. The topological polar surface area (TPSA) is 83.0 Å². The number of nitrogens with zero attached hydrogens (tertiary/aromatic N) is 2. The summed E-state index contributed by atoms with van der Waals surface area (Å²) in [6, 6.07) is 0. The Hall–Kier alpha value is -0.340. The number of ether oxygens (including phenoxy) is 1. The fourth-order valence-corrected chi connectivity index (χ4v) is 4.10. The number of halogens is 4. The van der Waals surface area contributed by atoms with Crippen LogP contribution < -0.4 is 10.6 Å². The lowest BCUT2D eigenvalue weighted by atomic mass is 9.98. The lowest BCUT2D eigenvalue weighted by molar-refractivity contribution is -0.0496. The van der Waals surface area contributed by atoms with Crippen molar-refractivity contribution in [3.05, 3.63) is 0 Å². The molecule has 1 aliphatic rings. The van der Waals surface area contributed by atoms with Gasteiger partial charge in [-0.1, -0.05) is 13.8 Å². The van der Waals surface area contributed by atoms with E-state index >= 15 is 0 Å². The quantitative estimate of drug-likeness (QED) is 0.259. The molecule has 0 radical (unpaired) electrons. The summed E-state index contributed by atoms with van der Waals surface area (Å²) < 4.78 is 66.9. The molecule has 0 bridgehead atoms. The van der Waals surface area contributed by atoms with Crippen molar-refractivity contribution in [2.45, 2.75) is 51.6 Å². The van der Waals surface area contributed by atoms with Gasteiger partial charge in [0.1, 0.15) is 0 Å². The zero-order chi connectivity index (χ0) is 21.4. The molecule has 174 valence electrons. The third-order valence-corrected chi connectivity index (χ3v) is 6.46. The highest BCUT2D eigenvalue weighted by Crippen LogP contribution is 2.30. The predicted octanol–water partition coefficient (Wildman–Crippen LogP) is 2.78. The van der Waals surface area contributed by atoms with Gasteiger partial charge < -0.3 is 15.4 Å². The summed E-state index contributed by atoms with van der Waals surface area (Å²) in [5.74, 6) is 1.12. The molecule has 1 fully saturated rings. The molecule has 0 spiro atoms. The number of rotatable bonds is 9. The van der Waals surface area contributed by atoms with Gasteiger partial charge in [0.25, 0.3) is 0 Å². The third kappa shape index (κ3) is 9.13. The maximum absolute atomic E-state index is 12.6. The first-order chi connectivity index (χ1) is 13.0. The van der Waals surface area contributed by atoms with Crippen LogP contribution in [0.15, 0.2) is 4.99 Å². The van der Waals surface area contributed by atoms with Gasteiger partial charge in [0.2, 0.25) is 0 Å². The highest BCUT2D eigenvalue weighted by Gasteiger charge is 2.50. The second kappa shape index (κ2) is 13.2. The van der Waals surface area contributed by atoms with Crippen LogP contribution in [0.2, 0.25) is 0 Å². The van der Waals surface area contributed by atoms with Crippen molar-refractivity contribution in [3.8, 4) is 0 Å². The molecule has 1 unspecified atom stereocenters. The number of alkyl halides is 3.